The van der Waals surface area contributed by atoms with Crippen LogP contribution in [0.25, 0.3) is 5.65 Å². The zero-order valence-corrected chi connectivity index (χ0v) is 15.3. The van der Waals surface area contributed by atoms with Gasteiger partial charge in [-0.15, -0.1) is 0 Å². The van der Waals surface area contributed by atoms with Gasteiger partial charge in [0.1, 0.15) is 22.9 Å². The SMILES string of the molecule is CNc1cc(Nc2cccn(C3CCC[C@H]3O)c2=O)nc2c(C(N)=O)cnn12. The molecule has 0 bridgehead atoms. The lowest BCUT2D eigenvalue weighted by Gasteiger charge is -2.19. The number of fused-ring (bicyclic) bond motifs is 1. The summed E-state index contributed by atoms with van der Waals surface area (Å²) in [4.78, 5) is 28.9. The number of hydrogen-bond donors (Lipinski definition) is 4. The number of aliphatic hydroxyl groups excluding tert-OH is 1. The van der Waals surface area contributed by atoms with E-state index in [1.54, 1.807) is 36.0 Å². The van der Waals surface area contributed by atoms with Crippen LogP contribution < -0.4 is 21.9 Å². The van der Waals surface area contributed by atoms with Crippen molar-refractivity contribution in [2.75, 3.05) is 17.7 Å². The van der Waals surface area contributed by atoms with Crippen molar-refractivity contribution < 1.29 is 9.90 Å². The van der Waals surface area contributed by atoms with E-state index in [1.807, 2.05) is 0 Å². The number of nitrogens with one attached hydrogen (secondary N) is 2. The Morgan fingerprint density at radius 3 is 2.89 bits per heavy atom. The predicted molar refractivity (Wildman–Crippen MR) is 104 cm³/mol. The lowest BCUT2D eigenvalue weighted by atomic mass is 10.2. The van der Waals surface area contributed by atoms with E-state index in [2.05, 4.69) is 20.7 Å². The predicted octanol–water partition coefficient (Wildman–Crippen LogP) is 0.861. The van der Waals surface area contributed by atoms with Crippen molar-refractivity contribution in [2.24, 2.45) is 5.73 Å². The van der Waals surface area contributed by atoms with E-state index < -0.39 is 12.0 Å². The maximum absolute atomic E-state index is 12.9. The molecule has 1 unspecified atom stereocenters. The van der Waals surface area contributed by atoms with Crippen LogP contribution in [-0.2, 0) is 0 Å². The fraction of sp³-hybridized carbons (Fsp3) is 0.333. The van der Waals surface area contributed by atoms with Crippen molar-refractivity contribution in [3.8, 4) is 0 Å². The fourth-order valence-corrected chi connectivity index (χ4v) is 3.63. The molecule has 146 valence electrons. The van der Waals surface area contributed by atoms with Crippen molar-refractivity contribution in [2.45, 2.75) is 31.4 Å². The summed E-state index contributed by atoms with van der Waals surface area (Å²) in [5.74, 6) is 0.295. The van der Waals surface area contributed by atoms with E-state index in [4.69, 9.17) is 5.73 Å². The molecule has 1 aliphatic carbocycles. The first-order valence-corrected chi connectivity index (χ1v) is 9.02. The number of hydrogen-bond acceptors (Lipinski definition) is 7. The quantitative estimate of drug-likeness (QED) is 0.512. The minimum atomic E-state index is -0.640. The van der Waals surface area contributed by atoms with E-state index >= 15 is 0 Å². The minimum Gasteiger partial charge on any atom is -0.391 e. The number of aliphatic hydroxyl groups is 1. The summed E-state index contributed by atoms with van der Waals surface area (Å²) in [6, 6.07) is 4.84. The van der Waals surface area contributed by atoms with Gasteiger partial charge < -0.3 is 26.0 Å². The van der Waals surface area contributed by atoms with Gasteiger partial charge in [0.25, 0.3) is 11.5 Å². The monoisotopic (exact) mass is 383 g/mol. The van der Waals surface area contributed by atoms with Gasteiger partial charge in [-0.05, 0) is 31.4 Å². The maximum Gasteiger partial charge on any atom is 0.274 e. The number of carbonyl (C=O) groups is 1. The second-order valence-electron chi connectivity index (χ2n) is 6.76. The van der Waals surface area contributed by atoms with E-state index in [1.165, 1.54) is 10.7 Å². The first-order valence-electron chi connectivity index (χ1n) is 9.02. The first kappa shape index (κ1) is 18.0. The molecule has 4 rings (SSSR count). The van der Waals surface area contributed by atoms with Crippen LogP contribution in [0.4, 0.5) is 17.3 Å². The molecule has 10 heteroatoms. The second-order valence-corrected chi connectivity index (χ2v) is 6.76. The number of carbonyl (C=O) groups excluding carboxylic acids is 1. The minimum absolute atomic E-state index is 0.180. The molecule has 2 atom stereocenters. The zero-order valence-electron chi connectivity index (χ0n) is 15.3. The Bertz CT molecular complexity index is 1100. The standard InChI is InChI=1S/C18H21N7O3/c1-20-15-8-14(23-17-10(16(19)27)9-21-25(15)17)22-11-4-3-7-24(18(11)28)12-5-2-6-13(12)26/h3-4,7-9,12-13,20,26H,2,5-6H2,1H3,(H2,19,27)(H,22,23)/t12?,13-/m1/s1. The molecule has 10 nitrogen and oxygen atoms in total. The largest absolute Gasteiger partial charge is 0.391 e. The summed E-state index contributed by atoms with van der Waals surface area (Å²) < 4.78 is 3.02. The van der Waals surface area contributed by atoms with Crippen LogP contribution in [-0.4, -0.2) is 43.3 Å². The molecule has 1 aliphatic rings. The Morgan fingerprint density at radius 2 is 2.21 bits per heavy atom. The number of aromatic nitrogens is 4. The molecule has 0 spiro atoms. The molecule has 1 saturated carbocycles. The second kappa shape index (κ2) is 6.97. The lowest BCUT2D eigenvalue weighted by Crippen LogP contribution is -2.30. The van der Waals surface area contributed by atoms with E-state index in [0.29, 0.717) is 23.7 Å². The lowest BCUT2D eigenvalue weighted by molar-refractivity contribution is 0.100. The van der Waals surface area contributed by atoms with Gasteiger partial charge in [0.05, 0.1) is 18.3 Å². The Kier molecular flexibility index (Phi) is 4.47. The van der Waals surface area contributed by atoms with Gasteiger partial charge in [-0.1, -0.05) is 0 Å². The molecular formula is C18H21N7O3. The normalized spacial score (nSPS) is 19.1. The summed E-state index contributed by atoms with van der Waals surface area (Å²) >= 11 is 0. The highest BCUT2D eigenvalue weighted by Crippen LogP contribution is 2.29. The van der Waals surface area contributed by atoms with Crippen LogP contribution in [0.2, 0.25) is 0 Å². The number of primary amides is 1. The smallest absolute Gasteiger partial charge is 0.274 e. The number of rotatable bonds is 5. The average Bonchev–Trinajstić information content (AvgIpc) is 3.29. The van der Waals surface area contributed by atoms with Crippen LogP contribution in [0.3, 0.4) is 0 Å². The molecule has 0 aromatic carbocycles. The molecule has 28 heavy (non-hydrogen) atoms. The Morgan fingerprint density at radius 1 is 1.39 bits per heavy atom. The van der Waals surface area contributed by atoms with Crippen LogP contribution in [0.5, 0.6) is 0 Å². The number of amides is 1. The van der Waals surface area contributed by atoms with E-state index in [9.17, 15) is 14.7 Å². The summed E-state index contributed by atoms with van der Waals surface area (Å²) in [6.45, 7) is 0. The van der Waals surface area contributed by atoms with Crippen LogP contribution in [0, 0.1) is 0 Å². The third-order valence-electron chi connectivity index (χ3n) is 5.03. The van der Waals surface area contributed by atoms with Crippen molar-refractivity contribution in [3.05, 3.63) is 46.5 Å². The molecule has 3 aromatic rings. The van der Waals surface area contributed by atoms with Gasteiger partial charge in [-0.3, -0.25) is 9.59 Å². The van der Waals surface area contributed by atoms with Crippen molar-refractivity contribution >= 4 is 28.9 Å². The number of nitrogens with zero attached hydrogens (tertiary/aromatic N) is 4. The van der Waals surface area contributed by atoms with Crippen LogP contribution in [0.15, 0.2) is 35.4 Å². The van der Waals surface area contributed by atoms with Gasteiger partial charge in [-0.25, -0.2) is 4.98 Å². The summed E-state index contributed by atoms with van der Waals surface area (Å²) in [6.07, 6.45) is 4.85. The van der Waals surface area contributed by atoms with E-state index in [0.717, 1.165) is 12.8 Å². The molecule has 3 aromatic heterocycles. The van der Waals surface area contributed by atoms with Gasteiger partial charge in [-0.2, -0.15) is 9.61 Å². The average molecular weight is 383 g/mol. The van der Waals surface area contributed by atoms with Crippen LogP contribution in [0.1, 0.15) is 35.7 Å². The Labute approximate surface area is 160 Å². The Balaban J connectivity index is 1.75. The fourth-order valence-electron chi connectivity index (χ4n) is 3.63. The molecule has 3 heterocycles. The highest BCUT2D eigenvalue weighted by Gasteiger charge is 2.27. The van der Waals surface area contributed by atoms with E-state index in [-0.39, 0.29) is 22.8 Å². The number of nitrogens with two attached hydrogens (primary N) is 1. The third-order valence-corrected chi connectivity index (χ3v) is 5.03. The third kappa shape index (κ3) is 2.97. The van der Waals surface area contributed by atoms with Crippen molar-refractivity contribution in [1.82, 2.24) is 19.2 Å². The van der Waals surface area contributed by atoms with Gasteiger partial charge in [0.2, 0.25) is 0 Å². The summed E-state index contributed by atoms with van der Waals surface area (Å²) in [7, 11) is 1.71. The van der Waals surface area contributed by atoms with Gasteiger partial charge >= 0.3 is 0 Å². The molecule has 1 amide bonds. The van der Waals surface area contributed by atoms with Crippen molar-refractivity contribution in [1.29, 1.82) is 0 Å². The topological polar surface area (TPSA) is 140 Å². The molecule has 5 N–H and O–H groups in total. The van der Waals surface area contributed by atoms with Gasteiger partial charge in [0.15, 0.2) is 5.65 Å². The molecule has 0 saturated heterocycles. The Hall–Kier alpha value is -3.40. The van der Waals surface area contributed by atoms with Gasteiger partial charge in [0, 0.05) is 19.3 Å². The maximum atomic E-state index is 12.9. The highest BCUT2D eigenvalue weighted by atomic mass is 16.3. The zero-order chi connectivity index (χ0) is 19.8. The molecule has 1 fully saturated rings. The molecule has 0 aliphatic heterocycles. The highest BCUT2D eigenvalue weighted by molar-refractivity contribution is 5.98. The first-order chi connectivity index (χ1) is 13.5. The van der Waals surface area contributed by atoms with Crippen molar-refractivity contribution in [3.63, 3.8) is 0 Å². The number of pyridine rings is 1. The summed E-state index contributed by atoms with van der Waals surface area (Å²) in [5, 5.41) is 20.3. The number of anilines is 3. The molecular weight excluding hydrogens is 362 g/mol. The molecule has 0 radical (unpaired) electrons. The van der Waals surface area contributed by atoms with Crippen LogP contribution >= 0.6 is 0 Å². The summed E-state index contributed by atoms with van der Waals surface area (Å²) in [5.41, 5.74) is 5.93.